The number of fused-ring (bicyclic) bond motifs is 1. The van der Waals surface area contributed by atoms with E-state index in [2.05, 4.69) is 73.0 Å². The van der Waals surface area contributed by atoms with Crippen LogP contribution in [0.1, 0.15) is 38.3 Å². The van der Waals surface area contributed by atoms with Gasteiger partial charge in [0.05, 0.1) is 19.3 Å². The highest BCUT2D eigenvalue weighted by atomic mass is 127. The molecule has 1 atom stereocenters. The number of guanidine groups is 1. The molecule has 0 saturated heterocycles. The molecule has 0 fully saturated rings. The standard InChI is InChI=1S/C22H29N3O.HI/c1-3-23-22(24-13-10-18-11-14-26-15-12-18)25-17(2)20-9-8-19-6-4-5-7-21(19)16-20;/h4-9,11,16-17H,3,10,12-15H2,1-2H3,(H2,23,24,25);1H. The number of halogens is 1. The van der Waals surface area contributed by atoms with Crippen LogP contribution in [0.5, 0.6) is 0 Å². The van der Waals surface area contributed by atoms with Crippen molar-refractivity contribution >= 4 is 40.7 Å². The van der Waals surface area contributed by atoms with Crippen LogP contribution in [-0.4, -0.2) is 32.3 Å². The Kier molecular flexibility index (Phi) is 9.07. The van der Waals surface area contributed by atoms with Crippen LogP contribution in [0.3, 0.4) is 0 Å². The summed E-state index contributed by atoms with van der Waals surface area (Å²) in [7, 11) is 0. The first-order valence-corrected chi connectivity index (χ1v) is 9.55. The summed E-state index contributed by atoms with van der Waals surface area (Å²) >= 11 is 0. The Morgan fingerprint density at radius 3 is 2.74 bits per heavy atom. The zero-order valence-corrected chi connectivity index (χ0v) is 18.5. The molecule has 0 aliphatic carbocycles. The Morgan fingerprint density at radius 1 is 1.19 bits per heavy atom. The molecule has 1 aliphatic heterocycles. The van der Waals surface area contributed by atoms with Gasteiger partial charge in [0, 0.05) is 13.1 Å². The van der Waals surface area contributed by atoms with Gasteiger partial charge >= 0.3 is 0 Å². The summed E-state index contributed by atoms with van der Waals surface area (Å²) in [4.78, 5) is 4.75. The average molecular weight is 479 g/mol. The number of rotatable bonds is 6. The molecule has 3 rings (SSSR count). The van der Waals surface area contributed by atoms with Gasteiger partial charge in [-0.05, 0) is 49.1 Å². The summed E-state index contributed by atoms with van der Waals surface area (Å²) in [5, 5.41) is 9.43. The van der Waals surface area contributed by atoms with E-state index in [9.17, 15) is 0 Å². The van der Waals surface area contributed by atoms with Crippen LogP contribution in [0.4, 0.5) is 0 Å². The summed E-state index contributed by atoms with van der Waals surface area (Å²) in [6, 6.07) is 15.3. The van der Waals surface area contributed by atoms with E-state index >= 15 is 0 Å². The van der Waals surface area contributed by atoms with Crippen molar-refractivity contribution in [3.05, 3.63) is 59.7 Å². The van der Waals surface area contributed by atoms with Crippen LogP contribution >= 0.6 is 24.0 Å². The maximum absolute atomic E-state index is 5.36. The maximum Gasteiger partial charge on any atom is 0.191 e. The zero-order chi connectivity index (χ0) is 18.2. The maximum atomic E-state index is 5.36. The fourth-order valence-corrected chi connectivity index (χ4v) is 3.19. The Bertz CT molecular complexity index is 788. The quantitative estimate of drug-likeness (QED) is 0.271. The van der Waals surface area contributed by atoms with Gasteiger partial charge in [-0.1, -0.05) is 48.0 Å². The number of hydrogen-bond donors (Lipinski definition) is 2. The van der Waals surface area contributed by atoms with Crippen molar-refractivity contribution in [1.82, 2.24) is 10.6 Å². The Morgan fingerprint density at radius 2 is 2.00 bits per heavy atom. The lowest BCUT2D eigenvalue weighted by Crippen LogP contribution is -2.38. The van der Waals surface area contributed by atoms with Crippen molar-refractivity contribution in [3.63, 3.8) is 0 Å². The summed E-state index contributed by atoms with van der Waals surface area (Å²) in [6.07, 6.45) is 4.23. The molecule has 1 aliphatic rings. The molecule has 27 heavy (non-hydrogen) atoms. The second-order valence-corrected chi connectivity index (χ2v) is 6.67. The van der Waals surface area contributed by atoms with E-state index in [1.807, 2.05) is 0 Å². The molecular weight excluding hydrogens is 449 g/mol. The van der Waals surface area contributed by atoms with Gasteiger partial charge in [-0.25, -0.2) is 0 Å². The van der Waals surface area contributed by atoms with Gasteiger partial charge in [-0.15, -0.1) is 24.0 Å². The summed E-state index contributed by atoms with van der Waals surface area (Å²) in [5.74, 6) is 0.876. The first-order valence-electron chi connectivity index (χ1n) is 9.55. The van der Waals surface area contributed by atoms with Gasteiger partial charge in [0.15, 0.2) is 5.96 Å². The smallest absolute Gasteiger partial charge is 0.191 e. The van der Waals surface area contributed by atoms with Crippen LogP contribution in [0.2, 0.25) is 0 Å². The highest BCUT2D eigenvalue weighted by Gasteiger charge is 2.09. The van der Waals surface area contributed by atoms with Crippen molar-refractivity contribution in [1.29, 1.82) is 0 Å². The third kappa shape index (κ3) is 6.50. The predicted octanol–water partition coefficient (Wildman–Crippen LogP) is 4.81. The second kappa shape index (κ2) is 11.3. The van der Waals surface area contributed by atoms with E-state index in [4.69, 9.17) is 9.73 Å². The normalized spacial score (nSPS) is 15.6. The average Bonchev–Trinajstić information content (AvgIpc) is 2.68. The topological polar surface area (TPSA) is 45.7 Å². The fourth-order valence-electron chi connectivity index (χ4n) is 3.19. The van der Waals surface area contributed by atoms with E-state index in [-0.39, 0.29) is 30.0 Å². The number of nitrogens with one attached hydrogen (secondary N) is 2. The number of nitrogens with zero attached hydrogens (tertiary/aromatic N) is 1. The molecule has 0 radical (unpaired) electrons. The van der Waals surface area contributed by atoms with Crippen molar-refractivity contribution in [2.24, 2.45) is 4.99 Å². The lowest BCUT2D eigenvalue weighted by molar-refractivity contribution is 0.153. The number of benzene rings is 2. The number of ether oxygens (including phenoxy) is 1. The molecule has 0 bridgehead atoms. The van der Waals surface area contributed by atoms with Crippen LogP contribution in [0.15, 0.2) is 59.1 Å². The largest absolute Gasteiger partial charge is 0.377 e. The minimum absolute atomic E-state index is 0. The molecule has 1 heterocycles. The molecule has 2 aromatic rings. The van der Waals surface area contributed by atoms with Crippen LogP contribution in [0, 0.1) is 0 Å². The molecule has 4 nitrogen and oxygen atoms in total. The minimum Gasteiger partial charge on any atom is -0.377 e. The molecule has 0 amide bonds. The molecule has 2 N–H and O–H groups in total. The molecule has 5 heteroatoms. The van der Waals surface area contributed by atoms with Gasteiger partial charge in [-0.3, -0.25) is 4.99 Å². The summed E-state index contributed by atoms with van der Waals surface area (Å²) in [5.41, 5.74) is 2.72. The van der Waals surface area contributed by atoms with E-state index in [0.717, 1.165) is 45.1 Å². The van der Waals surface area contributed by atoms with Gasteiger partial charge in [-0.2, -0.15) is 0 Å². The van der Waals surface area contributed by atoms with Crippen LogP contribution in [-0.2, 0) is 4.74 Å². The molecule has 146 valence electrons. The number of aliphatic imine (C=N–C) groups is 1. The Labute approximate surface area is 179 Å². The van der Waals surface area contributed by atoms with E-state index < -0.39 is 0 Å². The van der Waals surface area contributed by atoms with E-state index in [1.54, 1.807) is 0 Å². The fraction of sp³-hybridized carbons (Fsp3) is 0.409. The second-order valence-electron chi connectivity index (χ2n) is 6.67. The molecule has 1 unspecified atom stereocenters. The predicted molar refractivity (Wildman–Crippen MR) is 125 cm³/mol. The first-order chi connectivity index (χ1) is 12.8. The minimum atomic E-state index is 0. The first kappa shape index (κ1) is 21.7. The van der Waals surface area contributed by atoms with E-state index in [0.29, 0.717) is 0 Å². The molecule has 0 aromatic heterocycles. The molecule has 0 spiro atoms. The lowest BCUT2D eigenvalue weighted by Gasteiger charge is -2.19. The highest BCUT2D eigenvalue weighted by Crippen LogP contribution is 2.20. The van der Waals surface area contributed by atoms with E-state index in [1.165, 1.54) is 21.9 Å². The van der Waals surface area contributed by atoms with Crippen molar-refractivity contribution in [2.75, 3.05) is 26.3 Å². The zero-order valence-electron chi connectivity index (χ0n) is 16.2. The van der Waals surface area contributed by atoms with Gasteiger partial charge in [0.2, 0.25) is 0 Å². The molecule has 2 aromatic carbocycles. The van der Waals surface area contributed by atoms with Gasteiger partial charge in [0.1, 0.15) is 0 Å². The van der Waals surface area contributed by atoms with Crippen molar-refractivity contribution in [3.8, 4) is 0 Å². The van der Waals surface area contributed by atoms with Crippen LogP contribution in [0.25, 0.3) is 10.8 Å². The molecule has 0 saturated carbocycles. The van der Waals surface area contributed by atoms with Crippen molar-refractivity contribution in [2.45, 2.75) is 32.7 Å². The SMILES string of the molecule is CCNC(=NCCC1=CCOCC1)NC(C)c1ccc2ccccc2c1.I. The number of hydrogen-bond acceptors (Lipinski definition) is 2. The van der Waals surface area contributed by atoms with Crippen LogP contribution < -0.4 is 10.6 Å². The van der Waals surface area contributed by atoms with Gasteiger partial charge in [0.25, 0.3) is 0 Å². The van der Waals surface area contributed by atoms with Gasteiger partial charge < -0.3 is 15.4 Å². The summed E-state index contributed by atoms with van der Waals surface area (Å²) < 4.78 is 5.36. The third-order valence-corrected chi connectivity index (χ3v) is 4.73. The Balaban J connectivity index is 0.00000261. The van der Waals surface area contributed by atoms with Crippen molar-refractivity contribution < 1.29 is 4.74 Å². The third-order valence-electron chi connectivity index (χ3n) is 4.73. The molecular formula is C22H30IN3O. The monoisotopic (exact) mass is 479 g/mol. The lowest BCUT2D eigenvalue weighted by atomic mass is 10.0. The Hall–Kier alpha value is -1.60. The summed E-state index contributed by atoms with van der Waals surface area (Å²) in [6.45, 7) is 7.51. The highest BCUT2D eigenvalue weighted by molar-refractivity contribution is 14.0.